The van der Waals surface area contributed by atoms with Gasteiger partial charge in [0, 0.05) is 5.69 Å². The van der Waals surface area contributed by atoms with E-state index in [0.717, 1.165) is 32.4 Å². The lowest BCUT2D eigenvalue weighted by atomic mass is 10.2. The Bertz CT molecular complexity index is 552. The van der Waals surface area contributed by atoms with E-state index in [1.54, 1.807) is 0 Å². The van der Waals surface area contributed by atoms with Crippen LogP contribution in [0.1, 0.15) is 0 Å². The van der Waals surface area contributed by atoms with Crippen molar-refractivity contribution >= 4 is 29.2 Å². The highest BCUT2D eigenvalue weighted by Gasteiger charge is 2.15. The van der Waals surface area contributed by atoms with Crippen molar-refractivity contribution in [2.24, 2.45) is 0 Å². The van der Waals surface area contributed by atoms with Crippen LogP contribution in [0.15, 0.2) is 23.9 Å². The summed E-state index contributed by atoms with van der Waals surface area (Å²) in [6.45, 7) is 0. The van der Waals surface area contributed by atoms with Crippen LogP contribution < -0.4 is 5.32 Å². The van der Waals surface area contributed by atoms with Crippen LogP contribution in [-0.4, -0.2) is 26.2 Å². The van der Waals surface area contributed by atoms with Gasteiger partial charge < -0.3 is 14.8 Å². The number of hydrogen-bond acceptors (Lipinski definition) is 5. The molecule has 0 saturated carbocycles. The topological polar surface area (TPSA) is 64.6 Å². The van der Waals surface area contributed by atoms with E-state index in [-0.39, 0.29) is 11.4 Å². The summed E-state index contributed by atoms with van der Waals surface area (Å²) in [5.41, 5.74) is -0.467. The Morgan fingerprint density at radius 1 is 1.20 bits per heavy atom. The molecule has 0 unspecified atom stereocenters. The maximum absolute atomic E-state index is 13.3. The minimum absolute atomic E-state index is 0.120. The maximum Gasteiger partial charge on any atom is 0.354 e. The Morgan fingerprint density at radius 3 is 2.20 bits per heavy atom. The highest BCUT2D eigenvalue weighted by molar-refractivity contribution is 6.31. The quantitative estimate of drug-likeness (QED) is 0.525. The van der Waals surface area contributed by atoms with Crippen LogP contribution in [-0.2, 0) is 19.1 Å². The number of halogens is 3. The first-order valence-electron chi connectivity index (χ1n) is 5.18. The van der Waals surface area contributed by atoms with Gasteiger partial charge in [-0.3, -0.25) is 0 Å². The third-order valence-corrected chi connectivity index (χ3v) is 2.49. The van der Waals surface area contributed by atoms with E-state index in [0.29, 0.717) is 0 Å². The maximum atomic E-state index is 13.3. The second kappa shape index (κ2) is 6.85. The van der Waals surface area contributed by atoms with E-state index >= 15 is 0 Å². The second-order valence-electron chi connectivity index (χ2n) is 3.45. The fourth-order valence-corrected chi connectivity index (χ4v) is 1.33. The molecule has 0 saturated heterocycles. The number of benzene rings is 1. The molecule has 1 N–H and O–H groups in total. The third-order valence-electron chi connectivity index (χ3n) is 2.13. The zero-order chi connectivity index (χ0) is 15.3. The number of ether oxygens (including phenoxy) is 2. The van der Waals surface area contributed by atoms with Gasteiger partial charge in [-0.1, -0.05) is 11.6 Å². The molecule has 5 nitrogen and oxygen atoms in total. The molecule has 8 heteroatoms. The molecule has 1 aromatic rings. The molecule has 0 heterocycles. The van der Waals surface area contributed by atoms with Gasteiger partial charge in [-0.2, -0.15) is 0 Å². The minimum Gasteiger partial charge on any atom is -0.466 e. The number of nitrogens with one attached hydrogen (secondary N) is 1. The lowest BCUT2D eigenvalue weighted by Crippen LogP contribution is -2.15. The van der Waals surface area contributed by atoms with Crippen LogP contribution in [0.3, 0.4) is 0 Å². The van der Waals surface area contributed by atoms with Crippen molar-refractivity contribution in [3.63, 3.8) is 0 Å². The SMILES string of the molecule is COC(=O)/C=C(/Nc1cc(F)c(Cl)c(F)c1)C(=O)OC. The van der Waals surface area contributed by atoms with E-state index in [1.165, 1.54) is 0 Å². The smallest absolute Gasteiger partial charge is 0.354 e. The predicted octanol–water partition coefficient (Wildman–Crippen LogP) is 2.26. The van der Waals surface area contributed by atoms with E-state index in [2.05, 4.69) is 14.8 Å². The van der Waals surface area contributed by atoms with Crippen molar-refractivity contribution in [2.75, 3.05) is 19.5 Å². The van der Waals surface area contributed by atoms with Crippen LogP contribution in [0.25, 0.3) is 0 Å². The number of esters is 2. The highest BCUT2D eigenvalue weighted by Crippen LogP contribution is 2.24. The Labute approximate surface area is 118 Å². The Balaban J connectivity index is 3.10. The molecule has 0 aliphatic carbocycles. The summed E-state index contributed by atoms with van der Waals surface area (Å²) in [6.07, 6.45) is 0.788. The molecule has 0 amide bonds. The Hall–Kier alpha value is -2.15. The van der Waals surface area contributed by atoms with Gasteiger partial charge in [-0.05, 0) is 12.1 Å². The summed E-state index contributed by atoms with van der Waals surface area (Å²) in [7, 11) is 2.19. The molecule has 0 aliphatic heterocycles. The number of carbonyl (C=O) groups is 2. The zero-order valence-corrected chi connectivity index (χ0v) is 11.3. The zero-order valence-electron chi connectivity index (χ0n) is 10.5. The molecule has 20 heavy (non-hydrogen) atoms. The lowest BCUT2D eigenvalue weighted by molar-refractivity contribution is -0.138. The number of methoxy groups -OCH3 is 2. The van der Waals surface area contributed by atoms with Crippen molar-refractivity contribution < 1.29 is 27.8 Å². The molecule has 0 bridgehead atoms. The van der Waals surface area contributed by atoms with Crippen LogP contribution >= 0.6 is 11.6 Å². The highest BCUT2D eigenvalue weighted by atomic mass is 35.5. The molecule has 0 fully saturated rings. The average molecular weight is 306 g/mol. The van der Waals surface area contributed by atoms with Gasteiger partial charge in [-0.25, -0.2) is 18.4 Å². The molecule has 0 aliphatic rings. The van der Waals surface area contributed by atoms with Gasteiger partial charge in [0.05, 0.1) is 20.3 Å². The molecule has 0 radical (unpaired) electrons. The molecular weight excluding hydrogens is 296 g/mol. The average Bonchev–Trinajstić information content (AvgIpc) is 2.42. The standard InChI is InChI=1S/C12H10ClF2NO4/c1-19-10(17)5-9(12(18)20-2)16-6-3-7(14)11(13)8(15)4-6/h3-5,16H,1-2H3/b9-5+. The number of carbonyl (C=O) groups excluding carboxylic acids is 2. The first-order chi connectivity index (χ1) is 9.38. The summed E-state index contributed by atoms with van der Waals surface area (Å²) in [5.74, 6) is -3.79. The summed E-state index contributed by atoms with van der Waals surface area (Å²) in [5, 5.41) is 1.68. The van der Waals surface area contributed by atoms with E-state index in [4.69, 9.17) is 11.6 Å². The third kappa shape index (κ3) is 3.92. The van der Waals surface area contributed by atoms with E-state index in [9.17, 15) is 18.4 Å². The largest absolute Gasteiger partial charge is 0.466 e. The molecule has 1 rings (SSSR count). The van der Waals surface area contributed by atoms with Gasteiger partial charge in [0.1, 0.15) is 22.4 Å². The van der Waals surface area contributed by atoms with Crippen LogP contribution in [0.5, 0.6) is 0 Å². The molecule has 0 spiro atoms. The van der Waals surface area contributed by atoms with Gasteiger partial charge >= 0.3 is 11.9 Å². The van der Waals surface area contributed by atoms with Gasteiger partial charge in [0.15, 0.2) is 0 Å². The van der Waals surface area contributed by atoms with Gasteiger partial charge in [-0.15, -0.1) is 0 Å². The normalized spacial score (nSPS) is 10.9. The number of rotatable bonds is 4. The molecule has 0 aromatic heterocycles. The number of hydrogen-bond donors (Lipinski definition) is 1. The Morgan fingerprint density at radius 2 is 1.75 bits per heavy atom. The fraction of sp³-hybridized carbons (Fsp3) is 0.167. The van der Waals surface area contributed by atoms with Crippen LogP contribution in [0.4, 0.5) is 14.5 Å². The predicted molar refractivity (Wildman–Crippen MR) is 67.1 cm³/mol. The van der Waals surface area contributed by atoms with E-state index in [1.807, 2.05) is 0 Å². The van der Waals surface area contributed by atoms with Crippen molar-refractivity contribution in [2.45, 2.75) is 0 Å². The van der Waals surface area contributed by atoms with Crippen molar-refractivity contribution in [1.82, 2.24) is 0 Å². The number of anilines is 1. The summed E-state index contributed by atoms with van der Waals surface area (Å²) in [4.78, 5) is 22.5. The second-order valence-corrected chi connectivity index (χ2v) is 3.83. The van der Waals surface area contributed by atoms with Crippen molar-refractivity contribution in [3.8, 4) is 0 Å². The molecule has 108 valence electrons. The van der Waals surface area contributed by atoms with Crippen molar-refractivity contribution in [1.29, 1.82) is 0 Å². The van der Waals surface area contributed by atoms with E-state index < -0.39 is 28.6 Å². The Kier molecular flexibility index (Phi) is 5.45. The first kappa shape index (κ1) is 15.9. The van der Waals surface area contributed by atoms with Crippen LogP contribution in [0.2, 0.25) is 5.02 Å². The fourth-order valence-electron chi connectivity index (χ4n) is 1.22. The van der Waals surface area contributed by atoms with Crippen LogP contribution in [0, 0.1) is 11.6 Å². The molecule has 0 atom stereocenters. The first-order valence-corrected chi connectivity index (χ1v) is 5.56. The minimum atomic E-state index is -1.02. The summed E-state index contributed by atoms with van der Waals surface area (Å²) in [6, 6.07) is 1.72. The van der Waals surface area contributed by atoms with Gasteiger partial charge in [0.2, 0.25) is 0 Å². The summed E-state index contributed by atoms with van der Waals surface area (Å²) >= 11 is 5.32. The molecule has 1 aromatic carbocycles. The summed E-state index contributed by atoms with van der Waals surface area (Å²) < 4.78 is 35.3. The van der Waals surface area contributed by atoms with Crippen molar-refractivity contribution in [3.05, 3.63) is 40.6 Å². The van der Waals surface area contributed by atoms with Gasteiger partial charge in [0.25, 0.3) is 0 Å². The lowest BCUT2D eigenvalue weighted by Gasteiger charge is -2.10. The monoisotopic (exact) mass is 305 g/mol. The molecular formula is C12H10ClF2NO4.